The second-order valence-electron chi connectivity index (χ2n) is 5.32. The van der Waals surface area contributed by atoms with Gasteiger partial charge in [-0.1, -0.05) is 24.3 Å². The van der Waals surface area contributed by atoms with Crippen LogP contribution in [0.15, 0.2) is 30.3 Å². The van der Waals surface area contributed by atoms with Crippen molar-refractivity contribution in [3.63, 3.8) is 0 Å². The standard InChI is InChI=1S/C16H21NO3/c18-10-8-15-7-9-17(12-15)11-14-3-1-13(2-4-14)5-6-16(19)20/h1-6,15,18H,7-12H2,(H,19,20)/b6-5+. The molecule has 4 heteroatoms. The summed E-state index contributed by atoms with van der Waals surface area (Å²) in [6, 6.07) is 7.97. The molecule has 0 radical (unpaired) electrons. The van der Waals surface area contributed by atoms with Crippen LogP contribution in [0.3, 0.4) is 0 Å². The second kappa shape index (κ2) is 7.22. The Kier molecular flexibility index (Phi) is 5.32. The van der Waals surface area contributed by atoms with Crippen molar-refractivity contribution < 1.29 is 15.0 Å². The molecule has 1 saturated heterocycles. The summed E-state index contributed by atoms with van der Waals surface area (Å²) in [5, 5.41) is 17.5. The largest absolute Gasteiger partial charge is 0.478 e. The van der Waals surface area contributed by atoms with Crippen molar-refractivity contribution in [1.29, 1.82) is 0 Å². The first-order valence-electron chi connectivity index (χ1n) is 7.00. The highest BCUT2D eigenvalue weighted by molar-refractivity contribution is 5.85. The van der Waals surface area contributed by atoms with E-state index in [1.54, 1.807) is 6.08 Å². The van der Waals surface area contributed by atoms with Crippen LogP contribution in [0.5, 0.6) is 0 Å². The Morgan fingerprint density at radius 2 is 2.10 bits per heavy atom. The number of likely N-dealkylation sites (tertiary alicyclic amines) is 1. The normalized spacial score (nSPS) is 19.8. The summed E-state index contributed by atoms with van der Waals surface area (Å²) in [6.45, 7) is 3.35. The highest BCUT2D eigenvalue weighted by Crippen LogP contribution is 2.21. The fourth-order valence-electron chi connectivity index (χ4n) is 2.63. The van der Waals surface area contributed by atoms with Gasteiger partial charge < -0.3 is 10.2 Å². The molecule has 1 atom stereocenters. The minimum atomic E-state index is -0.930. The number of aliphatic carboxylic acids is 1. The van der Waals surface area contributed by atoms with E-state index in [1.165, 1.54) is 12.0 Å². The molecule has 0 saturated carbocycles. The van der Waals surface area contributed by atoms with Crippen molar-refractivity contribution >= 4 is 12.0 Å². The first kappa shape index (κ1) is 14.8. The van der Waals surface area contributed by atoms with Gasteiger partial charge in [0.1, 0.15) is 0 Å². The number of carbonyl (C=O) groups is 1. The molecule has 1 aliphatic heterocycles. The first-order chi connectivity index (χ1) is 9.67. The molecule has 4 nitrogen and oxygen atoms in total. The first-order valence-corrected chi connectivity index (χ1v) is 7.00. The molecule has 0 amide bonds. The van der Waals surface area contributed by atoms with E-state index in [0.717, 1.165) is 37.7 Å². The summed E-state index contributed by atoms with van der Waals surface area (Å²) in [5.41, 5.74) is 2.14. The minimum absolute atomic E-state index is 0.281. The van der Waals surface area contributed by atoms with E-state index in [-0.39, 0.29) is 6.61 Å². The number of carboxylic acids is 1. The number of rotatable bonds is 6. The van der Waals surface area contributed by atoms with E-state index < -0.39 is 5.97 Å². The topological polar surface area (TPSA) is 60.8 Å². The third-order valence-electron chi connectivity index (χ3n) is 3.71. The average Bonchev–Trinajstić information content (AvgIpc) is 2.86. The van der Waals surface area contributed by atoms with Crippen molar-refractivity contribution in [2.45, 2.75) is 19.4 Å². The van der Waals surface area contributed by atoms with Gasteiger partial charge in [-0.15, -0.1) is 0 Å². The van der Waals surface area contributed by atoms with Crippen molar-refractivity contribution in [3.8, 4) is 0 Å². The molecule has 2 rings (SSSR count). The van der Waals surface area contributed by atoms with Crippen molar-refractivity contribution in [2.75, 3.05) is 19.7 Å². The molecule has 1 aliphatic rings. The number of hydrogen-bond acceptors (Lipinski definition) is 3. The van der Waals surface area contributed by atoms with E-state index in [1.807, 2.05) is 24.3 Å². The molecular weight excluding hydrogens is 254 g/mol. The summed E-state index contributed by atoms with van der Waals surface area (Å²) in [6.07, 6.45) is 4.81. The number of benzene rings is 1. The molecule has 2 N–H and O–H groups in total. The Bertz CT molecular complexity index is 467. The Labute approximate surface area is 119 Å². The minimum Gasteiger partial charge on any atom is -0.478 e. The van der Waals surface area contributed by atoms with Gasteiger partial charge in [0, 0.05) is 25.8 Å². The molecule has 1 unspecified atom stereocenters. The maximum absolute atomic E-state index is 10.4. The summed E-state index contributed by atoms with van der Waals surface area (Å²) in [5.74, 6) is -0.307. The van der Waals surface area contributed by atoms with Gasteiger partial charge >= 0.3 is 5.97 Å². The van der Waals surface area contributed by atoms with E-state index in [2.05, 4.69) is 4.90 Å². The summed E-state index contributed by atoms with van der Waals surface area (Å²) >= 11 is 0. The fourth-order valence-corrected chi connectivity index (χ4v) is 2.63. The zero-order valence-electron chi connectivity index (χ0n) is 11.5. The Morgan fingerprint density at radius 1 is 1.35 bits per heavy atom. The number of nitrogens with zero attached hydrogens (tertiary/aromatic N) is 1. The lowest BCUT2D eigenvalue weighted by Crippen LogP contribution is -2.20. The van der Waals surface area contributed by atoms with Gasteiger partial charge in [-0.2, -0.15) is 0 Å². The molecule has 1 fully saturated rings. The van der Waals surface area contributed by atoms with E-state index >= 15 is 0 Å². The molecular formula is C16H21NO3. The molecule has 0 spiro atoms. The van der Waals surface area contributed by atoms with Crippen LogP contribution >= 0.6 is 0 Å². The molecule has 0 aromatic heterocycles. The third kappa shape index (κ3) is 4.47. The van der Waals surface area contributed by atoms with E-state index in [9.17, 15) is 4.79 Å². The maximum Gasteiger partial charge on any atom is 0.328 e. The Balaban J connectivity index is 1.86. The van der Waals surface area contributed by atoms with E-state index in [4.69, 9.17) is 10.2 Å². The predicted octanol–water partition coefficient (Wildman–Crippen LogP) is 1.99. The van der Waals surface area contributed by atoms with Gasteiger partial charge in [0.25, 0.3) is 0 Å². The summed E-state index contributed by atoms with van der Waals surface area (Å²) in [4.78, 5) is 12.8. The molecule has 0 aliphatic carbocycles. The predicted molar refractivity (Wildman–Crippen MR) is 78.2 cm³/mol. The van der Waals surface area contributed by atoms with Crippen LogP contribution in [0.1, 0.15) is 24.0 Å². The smallest absolute Gasteiger partial charge is 0.328 e. The zero-order valence-corrected chi connectivity index (χ0v) is 11.5. The average molecular weight is 275 g/mol. The number of aliphatic hydroxyl groups excluding tert-OH is 1. The van der Waals surface area contributed by atoms with Crippen LogP contribution in [0.25, 0.3) is 6.08 Å². The van der Waals surface area contributed by atoms with Crippen LogP contribution in [0.2, 0.25) is 0 Å². The van der Waals surface area contributed by atoms with Gasteiger partial charge in [-0.25, -0.2) is 4.79 Å². The van der Waals surface area contributed by atoms with Crippen molar-refractivity contribution in [2.24, 2.45) is 5.92 Å². The summed E-state index contributed by atoms with van der Waals surface area (Å²) < 4.78 is 0. The molecule has 1 aromatic carbocycles. The van der Waals surface area contributed by atoms with Crippen LogP contribution in [-0.4, -0.2) is 40.8 Å². The zero-order chi connectivity index (χ0) is 14.4. The molecule has 108 valence electrons. The van der Waals surface area contributed by atoms with Crippen molar-refractivity contribution in [1.82, 2.24) is 4.90 Å². The second-order valence-corrected chi connectivity index (χ2v) is 5.32. The van der Waals surface area contributed by atoms with Crippen LogP contribution in [0.4, 0.5) is 0 Å². The van der Waals surface area contributed by atoms with Crippen molar-refractivity contribution in [3.05, 3.63) is 41.5 Å². The lowest BCUT2D eigenvalue weighted by atomic mass is 10.1. The van der Waals surface area contributed by atoms with Crippen LogP contribution in [0, 0.1) is 5.92 Å². The van der Waals surface area contributed by atoms with Gasteiger partial charge in [-0.3, -0.25) is 4.90 Å². The molecule has 20 heavy (non-hydrogen) atoms. The fraction of sp³-hybridized carbons (Fsp3) is 0.438. The highest BCUT2D eigenvalue weighted by Gasteiger charge is 2.21. The monoisotopic (exact) mass is 275 g/mol. The quantitative estimate of drug-likeness (QED) is 0.779. The van der Waals surface area contributed by atoms with Gasteiger partial charge in [-0.05, 0) is 42.5 Å². The Morgan fingerprint density at radius 3 is 2.75 bits per heavy atom. The number of aliphatic hydroxyl groups is 1. The molecule has 1 aromatic rings. The highest BCUT2D eigenvalue weighted by atomic mass is 16.4. The SMILES string of the molecule is O=C(O)/C=C/c1ccc(CN2CCC(CCO)C2)cc1. The lowest BCUT2D eigenvalue weighted by Gasteiger charge is -2.16. The van der Waals surface area contributed by atoms with Gasteiger partial charge in [0.05, 0.1) is 0 Å². The van der Waals surface area contributed by atoms with Crippen LogP contribution < -0.4 is 0 Å². The third-order valence-corrected chi connectivity index (χ3v) is 3.71. The lowest BCUT2D eigenvalue weighted by molar-refractivity contribution is -0.131. The maximum atomic E-state index is 10.4. The summed E-state index contributed by atoms with van der Waals surface area (Å²) in [7, 11) is 0. The van der Waals surface area contributed by atoms with E-state index in [0.29, 0.717) is 5.92 Å². The van der Waals surface area contributed by atoms with Gasteiger partial charge in [0.15, 0.2) is 0 Å². The molecule has 0 bridgehead atoms. The Hall–Kier alpha value is -1.65. The van der Waals surface area contributed by atoms with Gasteiger partial charge in [0.2, 0.25) is 0 Å². The number of carboxylic acid groups (broad SMARTS) is 1. The molecule has 1 heterocycles. The number of hydrogen-bond donors (Lipinski definition) is 2. The van der Waals surface area contributed by atoms with Crippen LogP contribution in [-0.2, 0) is 11.3 Å².